The van der Waals surface area contributed by atoms with Gasteiger partial charge in [0.1, 0.15) is 5.82 Å². The maximum atomic E-state index is 13.4. The van der Waals surface area contributed by atoms with Crippen molar-refractivity contribution in [2.75, 3.05) is 25.0 Å². The van der Waals surface area contributed by atoms with Gasteiger partial charge in [0, 0.05) is 19.6 Å². The molecule has 0 radical (unpaired) electrons. The van der Waals surface area contributed by atoms with E-state index in [2.05, 4.69) is 41.2 Å². The van der Waals surface area contributed by atoms with E-state index in [0.29, 0.717) is 5.69 Å². The molecule has 0 atom stereocenters. The quantitative estimate of drug-likeness (QED) is 0.165. The summed E-state index contributed by atoms with van der Waals surface area (Å²) in [5.41, 5.74) is 12.5. The summed E-state index contributed by atoms with van der Waals surface area (Å²) in [6.45, 7) is 0.383. The van der Waals surface area contributed by atoms with Gasteiger partial charge in [0.15, 0.2) is 11.5 Å². The summed E-state index contributed by atoms with van der Waals surface area (Å²) < 4.78 is 18.2. The number of amidine groups is 1. The zero-order valence-corrected chi connectivity index (χ0v) is 16.3. The molecule has 0 unspecified atom stereocenters. The molecule has 0 aliphatic carbocycles. The van der Waals surface area contributed by atoms with Crippen molar-refractivity contribution in [3.63, 3.8) is 0 Å². The van der Waals surface area contributed by atoms with Gasteiger partial charge < -0.3 is 21.7 Å². The number of aliphatic imine (C=N–C) groups is 1. The van der Waals surface area contributed by atoms with Gasteiger partial charge in [-0.05, 0) is 44.4 Å². The average Bonchev–Trinajstić information content (AvgIpc) is 3.12. The molecule has 12 nitrogen and oxygen atoms in total. The molecule has 29 heavy (non-hydrogen) atoms. The predicted molar refractivity (Wildman–Crippen MR) is 101 cm³/mol. The Hall–Kier alpha value is -3.10. The molecule has 1 fully saturated rings. The molecule has 14 heteroatoms. The number of hydroxylamine groups is 1. The lowest BCUT2D eigenvalue weighted by molar-refractivity contribution is -0.149. The van der Waals surface area contributed by atoms with Gasteiger partial charge in [-0.15, -0.1) is 0 Å². The van der Waals surface area contributed by atoms with E-state index < -0.39 is 23.2 Å². The fraction of sp³-hybridized carbons (Fsp3) is 0.267. The van der Waals surface area contributed by atoms with Crippen molar-refractivity contribution >= 4 is 45.1 Å². The van der Waals surface area contributed by atoms with Crippen molar-refractivity contribution in [3.8, 4) is 0 Å². The van der Waals surface area contributed by atoms with Gasteiger partial charge >= 0.3 is 11.8 Å². The van der Waals surface area contributed by atoms with E-state index in [1.165, 1.54) is 23.1 Å². The first-order valence-corrected chi connectivity index (χ1v) is 8.90. The summed E-state index contributed by atoms with van der Waals surface area (Å²) in [5, 5.41) is 19.7. The number of nitrogens with one attached hydrogen (secondary N) is 2. The third-order valence-corrected chi connectivity index (χ3v) is 4.69. The number of carbonyl (C=O) groups is 2. The van der Waals surface area contributed by atoms with Crippen LogP contribution in [0.5, 0.6) is 0 Å². The lowest BCUT2D eigenvalue weighted by Gasteiger charge is -2.47. The van der Waals surface area contributed by atoms with E-state index in [1.807, 2.05) is 5.48 Å². The summed E-state index contributed by atoms with van der Waals surface area (Å²) >= 11 is 3.05. The number of nitrogens with zero attached hydrogens (tertiary/aromatic N) is 4. The monoisotopic (exact) mass is 470 g/mol. The average molecular weight is 471 g/mol. The molecule has 7 N–H and O–H groups in total. The van der Waals surface area contributed by atoms with Crippen molar-refractivity contribution in [2.24, 2.45) is 16.5 Å². The fourth-order valence-electron chi connectivity index (χ4n) is 2.66. The molecule has 1 aromatic carbocycles. The smallest absolute Gasteiger partial charge is 0.311 e. The summed E-state index contributed by atoms with van der Waals surface area (Å²) in [5.74, 6) is -2.32. The Morgan fingerprint density at radius 3 is 2.76 bits per heavy atom. The number of aromatic nitrogens is 2. The van der Waals surface area contributed by atoms with Crippen LogP contribution in [-0.4, -0.2) is 63.2 Å². The Balaban J connectivity index is 1.70. The van der Waals surface area contributed by atoms with Crippen LogP contribution >= 0.6 is 15.9 Å². The van der Waals surface area contributed by atoms with Gasteiger partial charge in [0.2, 0.25) is 5.82 Å². The number of carbonyl (C=O) groups excluding carboxylic acids is 2. The Morgan fingerprint density at radius 1 is 1.41 bits per heavy atom. The minimum Gasteiger partial charge on any atom is -0.363 e. The second-order valence-electron chi connectivity index (χ2n) is 6.37. The number of benzene rings is 1. The summed E-state index contributed by atoms with van der Waals surface area (Å²) in [6, 6.07) is 4.00. The van der Waals surface area contributed by atoms with Crippen molar-refractivity contribution in [2.45, 2.75) is 5.54 Å². The SMILES string of the molecule is NC(=O)C(=O)N1CC(N)(CNc2nonc2C(=Nc2ccc(F)c(Br)c2)NO)C1. The molecular formula is C15H16BrFN8O4. The third kappa shape index (κ3) is 4.49. The van der Waals surface area contributed by atoms with Gasteiger partial charge in [0.05, 0.1) is 15.7 Å². The predicted octanol–water partition coefficient (Wildman–Crippen LogP) is -0.535. The molecule has 2 amide bonds. The van der Waals surface area contributed by atoms with E-state index in [0.717, 1.165) is 0 Å². The molecule has 1 aliphatic rings. The number of likely N-dealkylation sites (tertiary alicyclic amines) is 1. The minimum atomic E-state index is -1.05. The zero-order valence-electron chi connectivity index (χ0n) is 14.7. The first-order valence-electron chi connectivity index (χ1n) is 8.11. The van der Waals surface area contributed by atoms with E-state index >= 15 is 0 Å². The van der Waals surface area contributed by atoms with Gasteiger partial charge in [-0.25, -0.2) is 14.0 Å². The maximum absolute atomic E-state index is 13.4. The lowest BCUT2D eigenvalue weighted by Crippen LogP contribution is -2.72. The topological polar surface area (TPSA) is 185 Å². The number of nitrogens with two attached hydrogens (primary N) is 2. The van der Waals surface area contributed by atoms with Crippen LogP contribution in [0.2, 0.25) is 0 Å². The van der Waals surface area contributed by atoms with Crippen LogP contribution in [-0.2, 0) is 9.59 Å². The number of anilines is 1. The Morgan fingerprint density at radius 2 is 2.14 bits per heavy atom. The molecule has 0 saturated carbocycles. The van der Waals surface area contributed by atoms with E-state index in [9.17, 15) is 19.2 Å². The van der Waals surface area contributed by atoms with Crippen LogP contribution in [0.3, 0.4) is 0 Å². The number of amides is 2. The number of hydrogen-bond acceptors (Lipinski definition) is 9. The number of hydrogen-bond donors (Lipinski definition) is 5. The van der Waals surface area contributed by atoms with Crippen LogP contribution in [0.1, 0.15) is 5.69 Å². The second kappa shape index (κ2) is 8.10. The molecule has 2 aromatic rings. The Labute approximate surface area is 171 Å². The molecule has 0 spiro atoms. The fourth-order valence-corrected chi connectivity index (χ4v) is 3.03. The lowest BCUT2D eigenvalue weighted by atomic mass is 9.90. The van der Waals surface area contributed by atoms with Crippen LogP contribution in [0.15, 0.2) is 32.3 Å². The molecular weight excluding hydrogens is 455 g/mol. The Kier molecular flexibility index (Phi) is 5.76. The first-order chi connectivity index (χ1) is 13.7. The molecule has 154 valence electrons. The minimum absolute atomic E-state index is 0.0425. The van der Waals surface area contributed by atoms with Gasteiger partial charge in [-0.3, -0.25) is 20.3 Å². The highest BCUT2D eigenvalue weighted by molar-refractivity contribution is 9.10. The van der Waals surface area contributed by atoms with E-state index in [4.69, 9.17) is 11.5 Å². The number of rotatable bonds is 5. The molecule has 0 bridgehead atoms. The molecule has 1 aliphatic heterocycles. The largest absolute Gasteiger partial charge is 0.363 e. The second-order valence-corrected chi connectivity index (χ2v) is 7.23. The van der Waals surface area contributed by atoms with Gasteiger partial charge in [0.25, 0.3) is 0 Å². The van der Waals surface area contributed by atoms with E-state index in [-0.39, 0.29) is 41.5 Å². The normalized spacial score (nSPS) is 15.6. The molecule has 1 aromatic heterocycles. The van der Waals surface area contributed by atoms with Gasteiger partial charge in [-0.1, -0.05) is 0 Å². The highest BCUT2D eigenvalue weighted by atomic mass is 79.9. The van der Waals surface area contributed by atoms with Crippen molar-refractivity contribution in [3.05, 3.63) is 34.2 Å². The highest BCUT2D eigenvalue weighted by Crippen LogP contribution is 2.24. The van der Waals surface area contributed by atoms with Crippen molar-refractivity contribution < 1.29 is 23.8 Å². The maximum Gasteiger partial charge on any atom is 0.311 e. The Bertz CT molecular complexity index is 975. The molecule has 2 heterocycles. The number of primary amides is 1. The highest BCUT2D eigenvalue weighted by Gasteiger charge is 2.43. The third-order valence-electron chi connectivity index (χ3n) is 4.08. The number of halogens is 2. The summed E-state index contributed by atoms with van der Waals surface area (Å²) in [6.07, 6.45) is 0. The summed E-state index contributed by atoms with van der Waals surface area (Å²) in [4.78, 5) is 27.8. The first kappa shape index (κ1) is 20.6. The van der Waals surface area contributed by atoms with Crippen LogP contribution in [0, 0.1) is 5.82 Å². The van der Waals surface area contributed by atoms with Crippen LogP contribution in [0.4, 0.5) is 15.9 Å². The molecule has 3 rings (SSSR count). The van der Waals surface area contributed by atoms with E-state index in [1.54, 1.807) is 0 Å². The van der Waals surface area contributed by atoms with Crippen molar-refractivity contribution in [1.82, 2.24) is 20.7 Å². The molecule has 1 saturated heterocycles. The van der Waals surface area contributed by atoms with Crippen molar-refractivity contribution in [1.29, 1.82) is 0 Å². The standard InChI is InChI=1S/C15H16BrFN8O4/c16-8-3-7(1-2-9(8)17)21-13(22-28)10-12(24-29-23-10)20-4-15(19)5-25(6-15)14(27)11(18)26/h1-3,28H,4-6,19H2,(H2,18,26)(H,20,24)(H,21,22). The zero-order chi connectivity index (χ0) is 21.2. The van der Waals surface area contributed by atoms with Crippen LogP contribution in [0.25, 0.3) is 0 Å². The summed E-state index contributed by atoms with van der Waals surface area (Å²) in [7, 11) is 0. The van der Waals surface area contributed by atoms with Gasteiger partial charge in [-0.2, -0.15) is 0 Å². The van der Waals surface area contributed by atoms with Crippen LogP contribution < -0.4 is 22.3 Å².